The zero-order valence-electron chi connectivity index (χ0n) is 10.6. The highest BCUT2D eigenvalue weighted by molar-refractivity contribution is 7.91. The molecule has 0 atom stereocenters. The Balaban J connectivity index is 3.09. The molecule has 0 saturated carbocycles. The van der Waals surface area contributed by atoms with Crippen LogP contribution in [-0.4, -0.2) is 36.0 Å². The fourth-order valence-electron chi connectivity index (χ4n) is 1.36. The number of sulfone groups is 1. The highest BCUT2D eigenvalue weighted by Gasteiger charge is 2.22. The lowest BCUT2D eigenvalue weighted by Crippen LogP contribution is -2.23. The van der Waals surface area contributed by atoms with E-state index in [9.17, 15) is 22.7 Å². The lowest BCUT2D eigenvalue weighted by atomic mass is 10.1. The van der Waals surface area contributed by atoms with Crippen LogP contribution >= 0.6 is 0 Å². The first-order valence-corrected chi connectivity index (χ1v) is 7.16. The Bertz CT molecular complexity index is 587. The molecule has 2 N–H and O–H groups in total. The molecule has 5 nitrogen and oxygen atoms in total. The van der Waals surface area contributed by atoms with Crippen LogP contribution in [0.15, 0.2) is 23.1 Å². The van der Waals surface area contributed by atoms with Crippen molar-refractivity contribution in [3.8, 4) is 0 Å². The van der Waals surface area contributed by atoms with Gasteiger partial charge in [-0.05, 0) is 38.5 Å². The fraction of sp³-hybridized carbons (Fsp3) is 0.417. The molecule has 1 rings (SSSR count). The molecule has 0 aliphatic carbocycles. The highest BCUT2D eigenvalue weighted by atomic mass is 32.2. The molecule has 0 amide bonds. The predicted molar refractivity (Wildman–Crippen MR) is 66.3 cm³/mol. The minimum Gasteiger partial charge on any atom is -0.478 e. The van der Waals surface area contributed by atoms with Gasteiger partial charge in [0.1, 0.15) is 5.82 Å². The van der Waals surface area contributed by atoms with Crippen LogP contribution in [0.3, 0.4) is 0 Å². The van der Waals surface area contributed by atoms with Gasteiger partial charge in [0.15, 0.2) is 9.84 Å². The van der Waals surface area contributed by atoms with E-state index in [1.165, 1.54) is 13.8 Å². The first kappa shape index (κ1) is 15.6. The summed E-state index contributed by atoms with van der Waals surface area (Å²) in [5.41, 5.74) is -1.84. The van der Waals surface area contributed by atoms with E-state index in [1.54, 1.807) is 0 Å². The summed E-state index contributed by atoms with van der Waals surface area (Å²) < 4.78 is 37.0. The number of benzene rings is 1. The Morgan fingerprint density at radius 2 is 1.95 bits per heavy atom. The number of carboxylic acids is 1. The summed E-state index contributed by atoms with van der Waals surface area (Å²) in [5, 5.41) is 18.2. The molecule has 0 unspecified atom stereocenters. The molecular formula is C12H15FO5S. The molecule has 1 aromatic rings. The maximum absolute atomic E-state index is 13.2. The monoisotopic (exact) mass is 290 g/mol. The molecule has 0 aromatic heterocycles. The normalized spacial score (nSPS) is 12.4. The summed E-state index contributed by atoms with van der Waals surface area (Å²) in [5.74, 6) is -2.87. The van der Waals surface area contributed by atoms with Gasteiger partial charge in [0.2, 0.25) is 0 Å². The van der Waals surface area contributed by atoms with Crippen molar-refractivity contribution in [2.75, 3.05) is 5.75 Å². The number of carboxylic acid groups (broad SMARTS) is 1. The second-order valence-corrected chi connectivity index (χ2v) is 6.94. The van der Waals surface area contributed by atoms with Gasteiger partial charge in [0.05, 0.1) is 21.8 Å². The van der Waals surface area contributed by atoms with Crippen molar-refractivity contribution in [1.82, 2.24) is 0 Å². The van der Waals surface area contributed by atoms with E-state index >= 15 is 0 Å². The third-order valence-corrected chi connectivity index (χ3v) is 4.22. The van der Waals surface area contributed by atoms with Crippen molar-refractivity contribution in [3.05, 3.63) is 29.6 Å². The van der Waals surface area contributed by atoms with E-state index in [4.69, 9.17) is 5.11 Å². The standard InChI is InChI=1S/C12H15FO5S/c1-12(2,16)5-6-19(17,18)8-3-4-10(13)9(7-8)11(14)15/h3-4,7,16H,5-6H2,1-2H3,(H,14,15). The van der Waals surface area contributed by atoms with Crippen LogP contribution in [0.4, 0.5) is 4.39 Å². The van der Waals surface area contributed by atoms with Gasteiger partial charge in [0.25, 0.3) is 0 Å². The maximum atomic E-state index is 13.2. The highest BCUT2D eigenvalue weighted by Crippen LogP contribution is 2.19. The molecule has 7 heteroatoms. The van der Waals surface area contributed by atoms with E-state index in [1.807, 2.05) is 0 Å². The zero-order chi connectivity index (χ0) is 14.8. The number of hydrogen-bond donors (Lipinski definition) is 2. The van der Waals surface area contributed by atoms with Crippen LogP contribution in [0, 0.1) is 5.82 Å². The summed E-state index contributed by atoms with van der Waals surface area (Å²) in [7, 11) is -3.76. The van der Waals surface area contributed by atoms with Gasteiger partial charge in [-0.15, -0.1) is 0 Å². The fourth-order valence-corrected chi connectivity index (χ4v) is 2.94. The molecule has 1 aromatic carbocycles. The summed E-state index contributed by atoms with van der Waals surface area (Å²) in [6.45, 7) is 2.94. The van der Waals surface area contributed by atoms with E-state index in [0.717, 1.165) is 18.2 Å². The largest absolute Gasteiger partial charge is 0.478 e. The van der Waals surface area contributed by atoms with Crippen LogP contribution < -0.4 is 0 Å². The molecule has 0 heterocycles. The Hall–Kier alpha value is -1.47. The first-order chi connectivity index (χ1) is 8.53. The number of aliphatic hydroxyl groups is 1. The molecule has 0 spiro atoms. The third kappa shape index (κ3) is 4.29. The maximum Gasteiger partial charge on any atom is 0.338 e. The van der Waals surface area contributed by atoms with Crippen LogP contribution in [-0.2, 0) is 9.84 Å². The third-order valence-electron chi connectivity index (χ3n) is 2.51. The molecule has 0 fully saturated rings. The number of aromatic carboxylic acids is 1. The van der Waals surface area contributed by atoms with Crippen molar-refractivity contribution in [1.29, 1.82) is 0 Å². The quantitative estimate of drug-likeness (QED) is 0.801. The summed E-state index contributed by atoms with van der Waals surface area (Å²) >= 11 is 0. The summed E-state index contributed by atoms with van der Waals surface area (Å²) in [6, 6.07) is 2.61. The zero-order valence-corrected chi connectivity index (χ0v) is 11.4. The first-order valence-electron chi connectivity index (χ1n) is 5.51. The molecule has 0 bridgehead atoms. The Kier molecular flexibility index (Phi) is 4.32. The Morgan fingerprint density at radius 1 is 1.37 bits per heavy atom. The van der Waals surface area contributed by atoms with Crippen molar-refractivity contribution >= 4 is 15.8 Å². The van der Waals surface area contributed by atoms with Crippen LogP contribution in [0.25, 0.3) is 0 Å². The van der Waals surface area contributed by atoms with Crippen LogP contribution in [0.2, 0.25) is 0 Å². The predicted octanol–water partition coefficient (Wildman–Crippen LogP) is 1.46. The second kappa shape index (κ2) is 5.26. The lowest BCUT2D eigenvalue weighted by Gasteiger charge is -2.16. The summed E-state index contributed by atoms with van der Waals surface area (Å²) in [4.78, 5) is 10.5. The van der Waals surface area contributed by atoms with Gasteiger partial charge in [-0.2, -0.15) is 0 Å². The number of halogens is 1. The van der Waals surface area contributed by atoms with Crippen molar-refractivity contribution in [3.63, 3.8) is 0 Å². The number of carbonyl (C=O) groups is 1. The van der Waals surface area contributed by atoms with Crippen molar-refractivity contribution in [2.45, 2.75) is 30.8 Å². The molecule has 0 saturated heterocycles. The SMILES string of the molecule is CC(C)(O)CCS(=O)(=O)c1ccc(F)c(C(=O)O)c1. The molecule has 0 aliphatic rings. The van der Waals surface area contributed by atoms with E-state index < -0.39 is 32.8 Å². The average molecular weight is 290 g/mol. The Morgan fingerprint density at radius 3 is 2.42 bits per heavy atom. The van der Waals surface area contributed by atoms with Crippen LogP contribution in [0.5, 0.6) is 0 Å². The summed E-state index contributed by atoms with van der Waals surface area (Å²) in [6.07, 6.45) is -0.00485. The van der Waals surface area contributed by atoms with Gasteiger partial charge in [0, 0.05) is 0 Å². The molecule has 0 radical (unpaired) electrons. The van der Waals surface area contributed by atoms with Crippen LogP contribution in [0.1, 0.15) is 30.6 Å². The van der Waals surface area contributed by atoms with E-state index in [2.05, 4.69) is 0 Å². The topological polar surface area (TPSA) is 91.7 Å². The van der Waals surface area contributed by atoms with E-state index in [0.29, 0.717) is 0 Å². The van der Waals surface area contributed by atoms with E-state index in [-0.39, 0.29) is 17.1 Å². The minimum atomic E-state index is -3.76. The smallest absolute Gasteiger partial charge is 0.338 e. The number of rotatable bonds is 5. The van der Waals surface area contributed by atoms with Gasteiger partial charge in [-0.3, -0.25) is 0 Å². The van der Waals surface area contributed by atoms with Gasteiger partial charge >= 0.3 is 5.97 Å². The van der Waals surface area contributed by atoms with Gasteiger partial charge in [-0.1, -0.05) is 0 Å². The molecule has 19 heavy (non-hydrogen) atoms. The van der Waals surface area contributed by atoms with Gasteiger partial charge in [-0.25, -0.2) is 17.6 Å². The van der Waals surface area contributed by atoms with Gasteiger partial charge < -0.3 is 10.2 Å². The number of hydrogen-bond acceptors (Lipinski definition) is 4. The minimum absolute atomic E-state index is 0.00485. The molecule has 0 aliphatic heterocycles. The molecular weight excluding hydrogens is 275 g/mol. The molecule has 106 valence electrons. The lowest BCUT2D eigenvalue weighted by molar-refractivity contribution is 0.0690. The second-order valence-electron chi connectivity index (χ2n) is 4.83. The Labute approximate surface area is 110 Å². The van der Waals surface area contributed by atoms with Crippen molar-refractivity contribution in [2.24, 2.45) is 0 Å². The average Bonchev–Trinajstić information content (AvgIpc) is 2.25. The van der Waals surface area contributed by atoms with Crippen molar-refractivity contribution < 1.29 is 27.8 Å².